The molecule has 0 saturated heterocycles. The molecule has 0 aliphatic rings. The van der Waals surface area contributed by atoms with Gasteiger partial charge in [-0.3, -0.25) is 0 Å². The number of esters is 1. The number of methoxy groups -OCH3 is 1. The highest BCUT2D eigenvalue weighted by atomic mass is 79.9. The van der Waals surface area contributed by atoms with E-state index in [1.54, 1.807) is 6.07 Å². The van der Waals surface area contributed by atoms with Gasteiger partial charge < -0.3 is 21.7 Å². The second kappa shape index (κ2) is 5.36. The van der Waals surface area contributed by atoms with Crippen molar-refractivity contribution in [2.75, 3.05) is 7.11 Å². The van der Waals surface area contributed by atoms with E-state index in [2.05, 4.69) is 10.5 Å². The monoisotopic (exact) mass is 317 g/mol. The SMILES string of the molecule is COC(=O)c1ccc2c[n+]3ccccc3cc2c1.[Br-]. The van der Waals surface area contributed by atoms with E-state index in [4.69, 9.17) is 4.74 Å². The molecule has 0 unspecified atom stereocenters. The number of fused-ring (bicyclic) bond motifs is 2. The lowest BCUT2D eigenvalue weighted by Gasteiger charge is -2.01. The zero-order valence-corrected chi connectivity index (χ0v) is 11.9. The fourth-order valence-electron chi connectivity index (χ4n) is 2.08. The fraction of sp³-hybridized carbons (Fsp3) is 0.0667. The Bertz CT molecular complexity index is 755. The molecule has 0 saturated carbocycles. The fourth-order valence-corrected chi connectivity index (χ4v) is 2.08. The Labute approximate surface area is 121 Å². The number of benzene rings is 1. The second-order valence-electron chi connectivity index (χ2n) is 4.14. The van der Waals surface area contributed by atoms with Crippen LogP contribution in [0.15, 0.2) is 54.9 Å². The Balaban J connectivity index is 0.00000133. The zero-order valence-electron chi connectivity index (χ0n) is 10.3. The average Bonchev–Trinajstić information content (AvgIpc) is 2.43. The van der Waals surface area contributed by atoms with Crippen LogP contribution in [-0.4, -0.2) is 13.1 Å². The third kappa shape index (κ3) is 2.44. The van der Waals surface area contributed by atoms with Gasteiger partial charge in [-0.1, -0.05) is 0 Å². The van der Waals surface area contributed by atoms with Crippen LogP contribution in [0.1, 0.15) is 10.4 Å². The Hall–Kier alpha value is -1.94. The number of aromatic nitrogens is 1. The predicted molar refractivity (Wildman–Crippen MR) is 68.4 cm³/mol. The van der Waals surface area contributed by atoms with Crippen molar-refractivity contribution in [3.63, 3.8) is 0 Å². The molecule has 0 aliphatic heterocycles. The minimum atomic E-state index is -0.308. The summed E-state index contributed by atoms with van der Waals surface area (Å²) in [6.07, 6.45) is 4.05. The van der Waals surface area contributed by atoms with E-state index in [-0.39, 0.29) is 23.0 Å². The van der Waals surface area contributed by atoms with E-state index >= 15 is 0 Å². The van der Waals surface area contributed by atoms with Crippen molar-refractivity contribution in [1.29, 1.82) is 0 Å². The topological polar surface area (TPSA) is 30.4 Å². The molecule has 3 nitrogen and oxygen atoms in total. The Kier molecular flexibility index (Phi) is 3.81. The summed E-state index contributed by atoms with van der Waals surface area (Å²) in [5.74, 6) is -0.308. The Morgan fingerprint density at radius 3 is 2.74 bits per heavy atom. The normalized spacial score (nSPS) is 10.2. The summed E-state index contributed by atoms with van der Waals surface area (Å²) >= 11 is 0. The van der Waals surface area contributed by atoms with Crippen molar-refractivity contribution in [2.24, 2.45) is 0 Å². The highest BCUT2D eigenvalue weighted by Crippen LogP contribution is 2.16. The van der Waals surface area contributed by atoms with Crippen molar-refractivity contribution in [3.8, 4) is 0 Å². The molecular formula is C15H12BrNO2. The van der Waals surface area contributed by atoms with Gasteiger partial charge in [-0.2, -0.15) is 4.40 Å². The van der Waals surface area contributed by atoms with Crippen LogP contribution < -0.4 is 21.4 Å². The Morgan fingerprint density at radius 2 is 1.95 bits per heavy atom. The molecule has 0 fully saturated rings. The van der Waals surface area contributed by atoms with Gasteiger partial charge >= 0.3 is 5.97 Å². The van der Waals surface area contributed by atoms with Crippen LogP contribution in [0.5, 0.6) is 0 Å². The maximum atomic E-state index is 11.5. The van der Waals surface area contributed by atoms with E-state index in [1.165, 1.54) is 7.11 Å². The first-order valence-corrected chi connectivity index (χ1v) is 5.70. The molecule has 19 heavy (non-hydrogen) atoms. The van der Waals surface area contributed by atoms with Gasteiger partial charge in [0.2, 0.25) is 5.52 Å². The number of halogens is 1. The van der Waals surface area contributed by atoms with Gasteiger partial charge in [0, 0.05) is 23.6 Å². The summed E-state index contributed by atoms with van der Waals surface area (Å²) in [7, 11) is 1.39. The van der Waals surface area contributed by atoms with Crippen LogP contribution in [0, 0.1) is 0 Å². The number of carbonyl (C=O) groups is 1. The van der Waals surface area contributed by atoms with Crippen molar-refractivity contribution in [2.45, 2.75) is 0 Å². The summed E-state index contributed by atoms with van der Waals surface area (Å²) < 4.78 is 6.78. The molecule has 3 aromatic rings. The number of carbonyl (C=O) groups excluding carboxylic acids is 1. The van der Waals surface area contributed by atoms with Crippen LogP contribution in [0.2, 0.25) is 0 Å². The van der Waals surface area contributed by atoms with E-state index in [0.29, 0.717) is 5.56 Å². The molecule has 0 radical (unpaired) electrons. The number of hydrogen-bond acceptors (Lipinski definition) is 2. The summed E-state index contributed by atoms with van der Waals surface area (Å²) in [5, 5.41) is 2.12. The van der Waals surface area contributed by atoms with Crippen LogP contribution in [0.3, 0.4) is 0 Å². The maximum absolute atomic E-state index is 11.5. The molecule has 1 aromatic carbocycles. The van der Waals surface area contributed by atoms with Gasteiger partial charge in [-0.15, -0.1) is 0 Å². The van der Waals surface area contributed by atoms with E-state index in [1.807, 2.05) is 42.7 Å². The van der Waals surface area contributed by atoms with Crippen LogP contribution in [-0.2, 0) is 4.74 Å². The standard InChI is InChI=1S/C15H12NO2.BrH/c1-18-15(17)11-5-6-12-10-16-7-3-2-4-14(16)9-13(12)8-11;/h2-10H,1H3;1H/q+1;/p-1. The van der Waals surface area contributed by atoms with Crippen LogP contribution in [0.4, 0.5) is 0 Å². The lowest BCUT2D eigenvalue weighted by atomic mass is 10.1. The third-order valence-corrected chi connectivity index (χ3v) is 3.01. The van der Waals surface area contributed by atoms with Gasteiger partial charge in [-0.05, 0) is 29.7 Å². The summed E-state index contributed by atoms with van der Waals surface area (Å²) in [5.41, 5.74) is 1.66. The molecule has 0 bridgehead atoms. The van der Waals surface area contributed by atoms with Gasteiger partial charge in [-0.25, -0.2) is 4.79 Å². The van der Waals surface area contributed by atoms with Gasteiger partial charge in [0.15, 0.2) is 12.4 Å². The zero-order chi connectivity index (χ0) is 12.5. The number of pyridine rings is 2. The Morgan fingerprint density at radius 1 is 1.11 bits per heavy atom. The van der Waals surface area contributed by atoms with Crippen molar-refractivity contribution in [3.05, 3.63) is 60.4 Å². The predicted octanol–water partition coefficient (Wildman–Crippen LogP) is -0.631. The average molecular weight is 318 g/mol. The molecule has 0 spiro atoms. The van der Waals surface area contributed by atoms with Crippen LogP contribution >= 0.6 is 0 Å². The summed E-state index contributed by atoms with van der Waals surface area (Å²) in [4.78, 5) is 11.5. The first kappa shape index (κ1) is 13.5. The number of hydrogen-bond donors (Lipinski definition) is 0. The van der Waals surface area contributed by atoms with Crippen molar-refractivity contribution < 1.29 is 30.9 Å². The molecule has 0 atom stereocenters. The third-order valence-electron chi connectivity index (χ3n) is 3.01. The number of nitrogens with zero attached hydrogens (tertiary/aromatic N) is 1. The summed E-state index contributed by atoms with van der Waals surface area (Å²) in [6, 6.07) is 13.6. The minimum Gasteiger partial charge on any atom is -1.00 e. The van der Waals surface area contributed by atoms with Crippen LogP contribution in [0.25, 0.3) is 16.3 Å². The molecule has 0 amide bonds. The molecule has 0 aliphatic carbocycles. The second-order valence-corrected chi connectivity index (χ2v) is 4.14. The first-order valence-electron chi connectivity index (χ1n) is 5.70. The van der Waals surface area contributed by atoms with E-state index < -0.39 is 0 Å². The minimum absolute atomic E-state index is 0. The van der Waals surface area contributed by atoms with Crippen molar-refractivity contribution in [1.82, 2.24) is 0 Å². The molecule has 96 valence electrons. The van der Waals surface area contributed by atoms with Gasteiger partial charge in [0.1, 0.15) is 0 Å². The summed E-state index contributed by atoms with van der Waals surface area (Å²) in [6.45, 7) is 0. The molecule has 4 heteroatoms. The smallest absolute Gasteiger partial charge is 0.337 e. The molecule has 2 heterocycles. The van der Waals surface area contributed by atoms with E-state index in [0.717, 1.165) is 16.3 Å². The highest BCUT2D eigenvalue weighted by molar-refractivity contribution is 5.95. The maximum Gasteiger partial charge on any atom is 0.337 e. The molecule has 3 rings (SSSR count). The lowest BCUT2D eigenvalue weighted by Crippen LogP contribution is -3.00. The molecular weight excluding hydrogens is 306 g/mol. The largest absolute Gasteiger partial charge is 1.00 e. The highest BCUT2D eigenvalue weighted by Gasteiger charge is 2.09. The van der Waals surface area contributed by atoms with Gasteiger partial charge in [0.25, 0.3) is 0 Å². The van der Waals surface area contributed by atoms with E-state index in [9.17, 15) is 4.79 Å². The molecule has 2 aromatic heterocycles. The number of rotatable bonds is 1. The van der Waals surface area contributed by atoms with Crippen molar-refractivity contribution >= 4 is 22.3 Å². The van der Waals surface area contributed by atoms with Gasteiger partial charge in [0.05, 0.1) is 12.7 Å². The number of ether oxygens (including phenoxy) is 1. The lowest BCUT2D eigenvalue weighted by molar-refractivity contribution is -0.510. The first-order chi connectivity index (χ1) is 8.78. The molecule has 0 N–H and O–H groups in total. The quantitative estimate of drug-likeness (QED) is 0.340.